The second-order valence-electron chi connectivity index (χ2n) is 8.55. The largest absolute Gasteiger partial charge is 3.00 e. The van der Waals surface area contributed by atoms with Gasteiger partial charge in [0.05, 0.1) is 35.4 Å². The van der Waals surface area contributed by atoms with E-state index in [1.54, 1.807) is 0 Å². The van der Waals surface area contributed by atoms with Crippen LogP contribution in [0.15, 0.2) is 66.7 Å². The molecule has 11 heteroatoms. The topological polar surface area (TPSA) is 55.0 Å². The zero-order chi connectivity index (χ0) is 22.2. The maximum absolute atomic E-state index is 5.04. The van der Waals surface area contributed by atoms with Crippen LogP contribution in [0.3, 0.4) is 0 Å². The molecule has 3 heterocycles. The van der Waals surface area contributed by atoms with Crippen LogP contribution >= 0.6 is 0 Å². The fourth-order valence-electron chi connectivity index (χ4n) is 4.08. The molecule has 0 saturated heterocycles. The third kappa shape index (κ3) is 6.56. The van der Waals surface area contributed by atoms with Gasteiger partial charge in [0.25, 0.3) is 0 Å². The zero-order valence-corrected chi connectivity index (χ0v) is 26.0. The van der Waals surface area contributed by atoms with Crippen molar-refractivity contribution >= 4 is 22.1 Å². The summed E-state index contributed by atoms with van der Waals surface area (Å²) in [7, 11) is 8.25. The summed E-state index contributed by atoms with van der Waals surface area (Å²) in [4.78, 5) is 19.2. The first kappa shape index (κ1) is 32.7. The van der Waals surface area contributed by atoms with Gasteiger partial charge in [0, 0.05) is 0 Å². The molecule has 0 N–H and O–H groups in total. The molecule has 0 aliphatic rings. The van der Waals surface area contributed by atoms with Crippen molar-refractivity contribution in [3.63, 3.8) is 0 Å². The molecule has 5 aromatic rings. The van der Waals surface area contributed by atoms with Crippen molar-refractivity contribution in [3.05, 3.63) is 66.7 Å². The maximum atomic E-state index is 5.04. The van der Waals surface area contributed by atoms with E-state index in [4.69, 9.17) is 15.0 Å². The standard InChI is InChI=1S/C25H27N7.3ClH.Nd/c1-29(2)16-31-22-14-7-5-10-18(22)27-24(31)20-12-9-13-21(26-20)25-28-19-11-6-8-15-23(19)32(25)17-30(3)4;;;;/h5-15H,16-17H2,1-4H3;3*1H;/q;;;;+3/p-3. The third-order valence-electron chi connectivity index (χ3n) is 5.36. The average molecular weight is 676 g/mol. The molecule has 36 heavy (non-hydrogen) atoms. The molecule has 187 valence electrons. The van der Waals surface area contributed by atoms with Gasteiger partial charge >= 0.3 is 40.8 Å². The first-order valence-electron chi connectivity index (χ1n) is 10.7. The van der Waals surface area contributed by atoms with Crippen LogP contribution in [-0.4, -0.2) is 62.1 Å². The molecule has 7 nitrogen and oxygen atoms in total. The summed E-state index contributed by atoms with van der Waals surface area (Å²) in [6, 6.07) is 22.5. The number of nitrogens with zero attached hydrogens (tertiary/aromatic N) is 7. The molecule has 0 aliphatic heterocycles. The van der Waals surface area contributed by atoms with Gasteiger partial charge in [0.15, 0.2) is 11.6 Å². The molecule has 3 aromatic heterocycles. The van der Waals surface area contributed by atoms with Gasteiger partial charge < -0.3 is 46.4 Å². The number of aromatic nitrogens is 5. The fraction of sp³-hybridized carbons (Fsp3) is 0.240. The second kappa shape index (κ2) is 14.0. The van der Waals surface area contributed by atoms with E-state index in [-0.39, 0.29) is 78.1 Å². The van der Waals surface area contributed by atoms with Gasteiger partial charge in [-0.05, 0) is 64.6 Å². The number of fused-ring (bicyclic) bond motifs is 2. The SMILES string of the molecule is CN(C)Cn1c(-c2cccc(-c3nc4ccccc4n3CN(C)C)n2)nc2ccccc21.[Cl-].[Cl-].[Cl-].[Nd+3]. The van der Waals surface area contributed by atoms with Gasteiger partial charge in [0.1, 0.15) is 11.4 Å². The molecular formula is C25H27Cl3N7Nd. The molecule has 1 radical (unpaired) electrons. The van der Waals surface area contributed by atoms with E-state index in [9.17, 15) is 0 Å². The first-order chi connectivity index (χ1) is 15.5. The third-order valence-corrected chi connectivity index (χ3v) is 5.36. The number of para-hydroxylation sites is 4. The minimum absolute atomic E-state index is 0. The van der Waals surface area contributed by atoms with Gasteiger partial charge in [0.2, 0.25) is 0 Å². The summed E-state index contributed by atoms with van der Waals surface area (Å²) < 4.78 is 4.43. The first-order valence-corrected chi connectivity index (χ1v) is 10.7. The molecule has 0 aliphatic carbocycles. The van der Waals surface area contributed by atoms with Crippen LogP contribution in [0.4, 0.5) is 0 Å². The van der Waals surface area contributed by atoms with E-state index >= 15 is 0 Å². The Morgan fingerprint density at radius 1 is 0.556 bits per heavy atom. The van der Waals surface area contributed by atoms with Crippen molar-refractivity contribution in [1.82, 2.24) is 33.9 Å². The Balaban J connectivity index is 0.00000162. The van der Waals surface area contributed by atoms with Gasteiger partial charge in [-0.25, -0.2) is 15.0 Å². The number of halogens is 3. The van der Waals surface area contributed by atoms with E-state index in [0.29, 0.717) is 0 Å². The Morgan fingerprint density at radius 3 is 1.33 bits per heavy atom. The van der Waals surface area contributed by atoms with Crippen LogP contribution < -0.4 is 37.2 Å². The molecule has 0 bridgehead atoms. The molecule has 0 spiro atoms. The van der Waals surface area contributed by atoms with Crippen molar-refractivity contribution in [3.8, 4) is 23.0 Å². The molecule has 2 aromatic carbocycles. The monoisotopic (exact) mass is 672 g/mol. The summed E-state index contributed by atoms with van der Waals surface area (Å²) in [6.07, 6.45) is 0. The smallest absolute Gasteiger partial charge is 1.00 e. The summed E-state index contributed by atoms with van der Waals surface area (Å²) in [5, 5.41) is 0. The van der Waals surface area contributed by atoms with E-state index in [0.717, 1.165) is 58.4 Å². The summed E-state index contributed by atoms with van der Waals surface area (Å²) in [5.74, 6) is 1.72. The van der Waals surface area contributed by atoms with Gasteiger partial charge in [-0.2, -0.15) is 0 Å². The second-order valence-corrected chi connectivity index (χ2v) is 8.55. The van der Waals surface area contributed by atoms with Crippen LogP contribution in [0.25, 0.3) is 45.1 Å². The zero-order valence-electron chi connectivity index (χ0n) is 20.5. The average Bonchev–Trinajstić information content (AvgIpc) is 3.32. The fourth-order valence-corrected chi connectivity index (χ4v) is 4.08. The van der Waals surface area contributed by atoms with Crippen LogP contribution in [0.5, 0.6) is 0 Å². The molecule has 0 saturated carbocycles. The van der Waals surface area contributed by atoms with Crippen molar-refractivity contribution in [1.29, 1.82) is 0 Å². The minimum Gasteiger partial charge on any atom is -1.00 e. The van der Waals surface area contributed by atoms with Crippen LogP contribution in [-0.2, 0) is 13.3 Å². The summed E-state index contributed by atoms with van der Waals surface area (Å²) in [6.45, 7) is 1.45. The quantitative estimate of drug-likeness (QED) is 0.181. The number of hydrogen-bond donors (Lipinski definition) is 0. The van der Waals surface area contributed by atoms with Crippen molar-refractivity contribution in [2.45, 2.75) is 13.3 Å². The molecule has 5 rings (SSSR count). The Labute approximate surface area is 263 Å². The normalized spacial score (nSPS) is 10.6. The maximum Gasteiger partial charge on any atom is 3.00 e. The number of hydrogen-bond acceptors (Lipinski definition) is 5. The van der Waals surface area contributed by atoms with Gasteiger partial charge in [-0.3, -0.25) is 9.80 Å². The molecule has 0 unspecified atom stereocenters. The molecule has 0 amide bonds. The Hall–Kier alpha value is -1.33. The van der Waals surface area contributed by atoms with Crippen LogP contribution in [0, 0.1) is 40.8 Å². The predicted octanol–water partition coefficient (Wildman–Crippen LogP) is -4.83. The van der Waals surface area contributed by atoms with E-state index in [1.807, 2.05) is 54.6 Å². The molecule has 0 fully saturated rings. The van der Waals surface area contributed by atoms with Crippen LogP contribution in [0.2, 0.25) is 0 Å². The minimum atomic E-state index is 0. The number of imidazole rings is 2. The Kier molecular flexibility index (Phi) is 12.7. The van der Waals surface area contributed by atoms with E-state index < -0.39 is 0 Å². The Bertz CT molecular complexity index is 1310. The van der Waals surface area contributed by atoms with Crippen molar-refractivity contribution < 1.29 is 78.1 Å². The number of pyridine rings is 1. The van der Waals surface area contributed by atoms with Crippen molar-refractivity contribution in [2.24, 2.45) is 0 Å². The van der Waals surface area contributed by atoms with Crippen molar-refractivity contribution in [2.75, 3.05) is 28.2 Å². The van der Waals surface area contributed by atoms with E-state index in [2.05, 4.69) is 59.3 Å². The van der Waals surface area contributed by atoms with Crippen LogP contribution in [0.1, 0.15) is 0 Å². The van der Waals surface area contributed by atoms with Gasteiger partial charge in [-0.15, -0.1) is 0 Å². The molecule has 0 atom stereocenters. The Morgan fingerprint density at radius 2 is 0.944 bits per heavy atom. The van der Waals surface area contributed by atoms with E-state index in [1.165, 1.54) is 0 Å². The molecular weight excluding hydrogens is 649 g/mol. The number of benzene rings is 2. The summed E-state index contributed by atoms with van der Waals surface area (Å²) >= 11 is 0. The predicted molar refractivity (Wildman–Crippen MR) is 129 cm³/mol. The summed E-state index contributed by atoms with van der Waals surface area (Å²) in [5.41, 5.74) is 5.81. The number of rotatable bonds is 6. The van der Waals surface area contributed by atoms with Gasteiger partial charge in [-0.1, -0.05) is 30.3 Å².